The number of hydrogen-bond donors (Lipinski definition) is 3. The van der Waals surface area contributed by atoms with E-state index < -0.39 is 10.7 Å². The zero-order valence-electron chi connectivity index (χ0n) is 9.07. The summed E-state index contributed by atoms with van der Waals surface area (Å²) in [5, 5.41) is 38.7. The standard InChI is InChI=1S/C12H9NO5/c14-10-6-12(16)11(15)5-9(10)7-1-3-8(4-2-7)13(17)18/h1-6,14-16H. The first kappa shape index (κ1) is 11.7. The molecule has 0 bridgehead atoms. The highest BCUT2D eigenvalue weighted by molar-refractivity contribution is 5.74. The molecule has 3 N–H and O–H groups in total. The van der Waals surface area contributed by atoms with Gasteiger partial charge in [-0.1, -0.05) is 0 Å². The Morgan fingerprint density at radius 3 is 2.00 bits per heavy atom. The van der Waals surface area contributed by atoms with Gasteiger partial charge in [-0.2, -0.15) is 0 Å². The maximum Gasteiger partial charge on any atom is 0.269 e. The van der Waals surface area contributed by atoms with Crippen molar-refractivity contribution < 1.29 is 20.2 Å². The number of phenols is 3. The summed E-state index contributed by atoms with van der Waals surface area (Å²) in [5.74, 6) is -1.03. The Hall–Kier alpha value is -2.76. The van der Waals surface area contributed by atoms with E-state index in [1.54, 1.807) is 0 Å². The summed E-state index contributed by atoms with van der Waals surface area (Å²) in [6.07, 6.45) is 0. The molecular weight excluding hydrogens is 238 g/mol. The van der Waals surface area contributed by atoms with Crippen LogP contribution in [0.2, 0.25) is 0 Å². The van der Waals surface area contributed by atoms with Crippen LogP contribution in [0.15, 0.2) is 36.4 Å². The van der Waals surface area contributed by atoms with Gasteiger partial charge in [-0.25, -0.2) is 0 Å². The lowest BCUT2D eigenvalue weighted by Gasteiger charge is -2.06. The van der Waals surface area contributed by atoms with Crippen molar-refractivity contribution in [2.24, 2.45) is 0 Å². The largest absolute Gasteiger partial charge is 0.507 e. The summed E-state index contributed by atoms with van der Waals surface area (Å²) >= 11 is 0. The van der Waals surface area contributed by atoms with Crippen LogP contribution in [-0.4, -0.2) is 20.2 Å². The van der Waals surface area contributed by atoms with E-state index in [9.17, 15) is 25.4 Å². The second-order valence-corrected chi connectivity index (χ2v) is 3.66. The fourth-order valence-corrected chi connectivity index (χ4v) is 1.56. The lowest BCUT2D eigenvalue weighted by molar-refractivity contribution is -0.384. The molecule has 0 saturated carbocycles. The van der Waals surface area contributed by atoms with Crippen LogP contribution in [0, 0.1) is 10.1 Å². The highest BCUT2D eigenvalue weighted by Crippen LogP contribution is 2.38. The van der Waals surface area contributed by atoms with Gasteiger partial charge in [0.1, 0.15) is 5.75 Å². The van der Waals surface area contributed by atoms with E-state index in [-0.39, 0.29) is 22.7 Å². The molecule has 6 heteroatoms. The van der Waals surface area contributed by atoms with Crippen molar-refractivity contribution >= 4 is 5.69 Å². The van der Waals surface area contributed by atoms with Crippen LogP contribution in [-0.2, 0) is 0 Å². The molecule has 0 fully saturated rings. The summed E-state index contributed by atoms with van der Waals surface area (Å²) in [7, 11) is 0. The first-order chi connectivity index (χ1) is 8.49. The van der Waals surface area contributed by atoms with Crippen LogP contribution in [0.3, 0.4) is 0 Å². The predicted molar refractivity (Wildman–Crippen MR) is 63.5 cm³/mol. The summed E-state index contributed by atoms with van der Waals surface area (Å²) < 4.78 is 0. The number of hydrogen-bond acceptors (Lipinski definition) is 5. The summed E-state index contributed by atoms with van der Waals surface area (Å²) in [4.78, 5) is 9.97. The molecule has 0 amide bonds. The third-order valence-electron chi connectivity index (χ3n) is 2.48. The molecule has 18 heavy (non-hydrogen) atoms. The molecular formula is C12H9NO5. The normalized spacial score (nSPS) is 10.2. The van der Waals surface area contributed by atoms with Crippen molar-refractivity contribution in [1.82, 2.24) is 0 Å². The van der Waals surface area contributed by atoms with Gasteiger partial charge in [-0.05, 0) is 23.8 Å². The van der Waals surface area contributed by atoms with Crippen LogP contribution in [0.5, 0.6) is 17.2 Å². The van der Waals surface area contributed by atoms with E-state index in [1.807, 2.05) is 0 Å². The van der Waals surface area contributed by atoms with Crippen molar-refractivity contribution in [3.05, 3.63) is 46.5 Å². The Bertz CT molecular complexity index is 607. The summed E-state index contributed by atoms with van der Waals surface area (Å²) in [6.45, 7) is 0. The van der Waals surface area contributed by atoms with Crippen LogP contribution < -0.4 is 0 Å². The fourth-order valence-electron chi connectivity index (χ4n) is 1.56. The maximum absolute atomic E-state index is 10.5. The van der Waals surface area contributed by atoms with E-state index in [2.05, 4.69) is 0 Å². The van der Waals surface area contributed by atoms with Gasteiger partial charge in [0.2, 0.25) is 0 Å². The van der Waals surface area contributed by atoms with E-state index in [0.29, 0.717) is 5.56 Å². The van der Waals surface area contributed by atoms with Gasteiger partial charge in [0.25, 0.3) is 5.69 Å². The Morgan fingerprint density at radius 1 is 0.889 bits per heavy atom. The molecule has 0 aliphatic carbocycles. The van der Waals surface area contributed by atoms with Crippen molar-refractivity contribution in [1.29, 1.82) is 0 Å². The Balaban J connectivity index is 2.49. The molecule has 2 aromatic carbocycles. The summed E-state index contributed by atoms with van der Waals surface area (Å²) in [5.41, 5.74) is 0.704. The molecule has 0 aromatic heterocycles. The Morgan fingerprint density at radius 2 is 1.44 bits per heavy atom. The second kappa shape index (κ2) is 4.25. The van der Waals surface area contributed by atoms with Gasteiger partial charge >= 0.3 is 0 Å². The average Bonchev–Trinajstić information content (AvgIpc) is 2.34. The van der Waals surface area contributed by atoms with E-state index in [0.717, 1.165) is 6.07 Å². The number of rotatable bonds is 2. The number of non-ortho nitro benzene ring substituents is 1. The van der Waals surface area contributed by atoms with E-state index >= 15 is 0 Å². The molecule has 92 valence electrons. The third kappa shape index (κ3) is 2.03. The molecule has 0 unspecified atom stereocenters. The third-order valence-corrected chi connectivity index (χ3v) is 2.48. The number of nitro groups is 1. The maximum atomic E-state index is 10.5. The van der Waals surface area contributed by atoms with Crippen LogP contribution in [0.4, 0.5) is 5.69 Å². The first-order valence-corrected chi connectivity index (χ1v) is 4.99. The van der Waals surface area contributed by atoms with Crippen LogP contribution in [0.25, 0.3) is 11.1 Å². The fraction of sp³-hybridized carbons (Fsp3) is 0. The second-order valence-electron chi connectivity index (χ2n) is 3.66. The first-order valence-electron chi connectivity index (χ1n) is 4.99. The lowest BCUT2D eigenvalue weighted by Crippen LogP contribution is -1.87. The predicted octanol–water partition coefficient (Wildman–Crippen LogP) is 2.38. The van der Waals surface area contributed by atoms with Gasteiger partial charge in [-0.15, -0.1) is 0 Å². The molecule has 0 saturated heterocycles. The molecule has 0 spiro atoms. The number of nitrogens with zero attached hydrogens (tertiary/aromatic N) is 1. The molecule has 0 atom stereocenters. The number of benzene rings is 2. The molecule has 0 heterocycles. The van der Waals surface area contributed by atoms with Gasteiger partial charge in [0.15, 0.2) is 11.5 Å². The van der Waals surface area contributed by atoms with Gasteiger partial charge < -0.3 is 15.3 Å². The quantitative estimate of drug-likeness (QED) is 0.327. The minimum absolute atomic E-state index is 0.0683. The molecule has 2 aromatic rings. The van der Waals surface area contributed by atoms with Gasteiger partial charge in [0, 0.05) is 23.8 Å². The van der Waals surface area contributed by atoms with Crippen molar-refractivity contribution in [3.63, 3.8) is 0 Å². The van der Waals surface area contributed by atoms with Crippen molar-refractivity contribution in [3.8, 4) is 28.4 Å². The zero-order chi connectivity index (χ0) is 13.3. The van der Waals surface area contributed by atoms with E-state index in [1.165, 1.54) is 30.3 Å². The molecule has 2 rings (SSSR count). The highest BCUT2D eigenvalue weighted by Gasteiger charge is 2.11. The Labute approximate surface area is 102 Å². The highest BCUT2D eigenvalue weighted by atomic mass is 16.6. The molecule has 0 aliphatic rings. The van der Waals surface area contributed by atoms with Crippen molar-refractivity contribution in [2.45, 2.75) is 0 Å². The SMILES string of the molecule is O=[N+]([O-])c1ccc(-c2cc(O)c(O)cc2O)cc1. The number of aromatic hydroxyl groups is 3. The smallest absolute Gasteiger partial charge is 0.269 e. The molecule has 6 nitrogen and oxygen atoms in total. The van der Waals surface area contributed by atoms with Crippen LogP contribution in [0.1, 0.15) is 0 Å². The Kier molecular flexibility index (Phi) is 2.77. The number of nitro benzene ring substituents is 1. The lowest BCUT2D eigenvalue weighted by atomic mass is 10.0. The van der Waals surface area contributed by atoms with Gasteiger partial charge in [0.05, 0.1) is 4.92 Å². The average molecular weight is 247 g/mol. The van der Waals surface area contributed by atoms with Crippen molar-refractivity contribution in [2.75, 3.05) is 0 Å². The monoisotopic (exact) mass is 247 g/mol. The minimum atomic E-state index is -0.530. The summed E-state index contributed by atoms with van der Waals surface area (Å²) in [6, 6.07) is 7.67. The molecule has 0 aliphatic heterocycles. The number of phenolic OH excluding ortho intramolecular Hbond substituents is 3. The minimum Gasteiger partial charge on any atom is -0.507 e. The van der Waals surface area contributed by atoms with Gasteiger partial charge in [-0.3, -0.25) is 10.1 Å². The van der Waals surface area contributed by atoms with E-state index in [4.69, 9.17) is 0 Å². The topological polar surface area (TPSA) is 104 Å². The van der Waals surface area contributed by atoms with Crippen LogP contribution >= 0.6 is 0 Å². The molecule has 0 radical (unpaired) electrons. The zero-order valence-corrected chi connectivity index (χ0v) is 9.07.